The number of anilines is 7. The molecule has 4 fully saturated rings. The van der Waals surface area contributed by atoms with Crippen molar-refractivity contribution in [3.63, 3.8) is 0 Å². The average Bonchev–Trinajstić information content (AvgIpc) is 0.807. The summed E-state index contributed by atoms with van der Waals surface area (Å²) in [6.07, 6.45) is 6.24. The van der Waals surface area contributed by atoms with Crippen molar-refractivity contribution in [2.75, 3.05) is 187 Å². The van der Waals surface area contributed by atoms with Crippen LogP contribution >= 0.6 is 0 Å². The molecule has 712 valence electrons. The Morgan fingerprint density at radius 1 is 0.277 bits per heavy atom. The Labute approximate surface area is 836 Å². The molecule has 0 spiro atoms. The van der Waals surface area contributed by atoms with Crippen LogP contribution in [-0.2, 0) is 9.47 Å². The Kier molecular flexibility index (Phi) is 41.2. The van der Waals surface area contributed by atoms with Crippen molar-refractivity contribution in [1.82, 2.24) is 9.80 Å². The molecule has 0 aliphatic carbocycles. The van der Waals surface area contributed by atoms with Gasteiger partial charge in [-0.15, -0.1) is 0 Å². The maximum Gasteiger partial charge on any atom is 0.0998 e. The Morgan fingerprint density at radius 2 is 0.532 bits per heavy atom. The Bertz CT molecular complexity index is 6410. The number of ether oxygens (including phenoxy) is 2. The lowest BCUT2D eigenvalue weighted by Crippen LogP contribution is -2.44. The van der Waals surface area contributed by atoms with Gasteiger partial charge in [-0.1, -0.05) is 226 Å². The number of likely N-dealkylation sites (N-methyl/N-ethyl adjacent to an activating group) is 1. The summed E-state index contributed by atoms with van der Waals surface area (Å²) in [5.74, 6) is 0. The first-order valence-electron chi connectivity index (χ1n) is 49.1. The SMILES string of the molecule is CCCN(CCC)c1ccc(-c2ccccc2C#N)cc1.CCN(CC)c1ccc(-c2ccccc2C#N)cc1.CN(C)c1ccc(-c2ccccc2C#N)cc1.CN1CCN(c2ccc(-c3ccccc3C#N)cc2)CC1.N#Cc1ccccc1-c1ccc(N2CCCCC2)cc1.N#Cc1ccccc1-c1ccc(N2CCOCC2)cc1.N#Cc1ccccc1-c1ccc(NCCN2CCOCC2)cc1. The van der Waals surface area contributed by atoms with Crippen molar-refractivity contribution in [3.8, 4) is 120 Å². The van der Waals surface area contributed by atoms with E-state index in [0.29, 0.717) is 16.7 Å². The van der Waals surface area contributed by atoms with E-state index < -0.39 is 0 Å². The van der Waals surface area contributed by atoms with E-state index >= 15 is 0 Å². The van der Waals surface area contributed by atoms with E-state index in [-0.39, 0.29) is 0 Å². The van der Waals surface area contributed by atoms with Gasteiger partial charge in [-0.2, -0.15) is 36.8 Å². The van der Waals surface area contributed by atoms with Crippen molar-refractivity contribution < 1.29 is 9.47 Å². The van der Waals surface area contributed by atoms with E-state index in [4.69, 9.17) is 25.3 Å². The Balaban J connectivity index is 0.000000147. The number of hydrogen-bond acceptors (Lipinski definition) is 18. The van der Waals surface area contributed by atoms with Gasteiger partial charge in [-0.05, 0) is 258 Å². The van der Waals surface area contributed by atoms with E-state index in [2.05, 4.69) is 279 Å². The molecule has 14 aromatic carbocycles. The van der Waals surface area contributed by atoms with Crippen molar-refractivity contribution in [2.24, 2.45) is 0 Å². The molecule has 0 saturated carbocycles. The fraction of sp³-hybridized carbons (Fsp3) is 0.260. The zero-order chi connectivity index (χ0) is 99.1. The third kappa shape index (κ3) is 30.2. The van der Waals surface area contributed by atoms with Gasteiger partial charge in [0.15, 0.2) is 0 Å². The van der Waals surface area contributed by atoms with E-state index in [1.165, 1.54) is 47.7 Å². The number of hydrogen-bond donors (Lipinski definition) is 1. The van der Waals surface area contributed by atoms with E-state index in [0.717, 1.165) is 256 Å². The summed E-state index contributed by atoms with van der Waals surface area (Å²) in [6, 6.07) is 129. The lowest BCUT2D eigenvalue weighted by Gasteiger charge is -2.34. The number of benzene rings is 14. The van der Waals surface area contributed by atoms with Crippen LogP contribution in [0.2, 0.25) is 0 Å². The maximum absolute atomic E-state index is 9.20. The summed E-state index contributed by atoms with van der Waals surface area (Å²) in [5.41, 5.74) is 28.2. The van der Waals surface area contributed by atoms with Gasteiger partial charge in [-0.3, -0.25) is 4.90 Å². The number of nitrogens with one attached hydrogen (secondary N) is 1. The minimum Gasteiger partial charge on any atom is -0.384 e. The Hall–Kier alpha value is -16.1. The van der Waals surface area contributed by atoms with Gasteiger partial charge < -0.3 is 49.1 Å². The molecule has 4 aliphatic heterocycles. The van der Waals surface area contributed by atoms with Gasteiger partial charge in [0.1, 0.15) is 0 Å². The highest BCUT2D eigenvalue weighted by Crippen LogP contribution is 2.35. The summed E-state index contributed by atoms with van der Waals surface area (Å²) in [4.78, 5) is 18.7. The molecule has 14 aromatic rings. The summed E-state index contributed by atoms with van der Waals surface area (Å²) >= 11 is 0. The lowest BCUT2D eigenvalue weighted by atomic mass is 10.00. The molecule has 18 heteroatoms. The highest BCUT2D eigenvalue weighted by Gasteiger charge is 2.20. The standard InChI is InChI=1S/C19H21N3O.C19H22N2.C18H19N3.C18H18N2.C17H16N2O.C17H18N2.C15H14N2/c20-15-17-3-1-2-4-19(17)16-5-7-18(8-6-16)21-9-10-22-11-13-23-14-12-22;1-3-13-21(14-4-2)18-11-9-16(10-12-18)19-8-6-5-7-17(19)15-20;1-20-10-12-21(13-11-20)17-8-6-15(7-9-17)18-5-3-2-4-16(18)14-19;19-14-16-6-2-3-7-18(16)15-8-10-17(11-9-15)20-12-4-1-5-13-20;18-13-15-3-1-2-4-17(15)14-5-7-16(8-6-14)19-9-11-20-12-10-19;1-3-19(4-2)16-11-9-14(10-12-16)17-8-6-5-7-15(17)13-18;1-17(2)14-9-7-12(8-10-14)15-6-4-3-5-13(15)11-16/h1-8,21H,9-14H2;5-12H,3-4,13-14H2,1-2H3;2-9H,10-13H2,1H3;2-3,6-11H,1,4-5,12-13H2;1-8H,9-12H2;5-12H,3-4H2,1-2H3;3-10H,1-2H3. The van der Waals surface area contributed by atoms with Crippen molar-refractivity contribution >= 4 is 39.8 Å². The Morgan fingerprint density at radius 3 is 0.816 bits per heavy atom. The normalized spacial score (nSPS) is 13.0. The van der Waals surface area contributed by atoms with Crippen LogP contribution in [0.1, 0.15) is 98.7 Å². The molecule has 4 heterocycles. The number of nitriles is 7. The minimum absolute atomic E-state index is 0.709. The molecule has 0 radical (unpaired) electrons. The maximum atomic E-state index is 9.20. The molecule has 0 bridgehead atoms. The van der Waals surface area contributed by atoms with Gasteiger partial charge in [0.25, 0.3) is 0 Å². The van der Waals surface area contributed by atoms with E-state index in [1.54, 1.807) is 0 Å². The van der Waals surface area contributed by atoms with Crippen LogP contribution in [0.4, 0.5) is 39.8 Å². The van der Waals surface area contributed by atoms with Crippen LogP contribution in [0.5, 0.6) is 0 Å². The summed E-state index contributed by atoms with van der Waals surface area (Å²) < 4.78 is 10.7. The second-order valence-electron chi connectivity index (χ2n) is 34.8. The average molecular weight is 1860 g/mol. The van der Waals surface area contributed by atoms with Crippen molar-refractivity contribution in [1.29, 1.82) is 36.8 Å². The summed E-state index contributed by atoms with van der Waals surface area (Å²) in [5, 5.41) is 67.6. The first-order valence-corrected chi connectivity index (χ1v) is 49.1. The zero-order valence-electron chi connectivity index (χ0n) is 82.5. The molecule has 1 N–H and O–H groups in total. The minimum atomic E-state index is 0.709. The molecule has 18 rings (SSSR count). The third-order valence-electron chi connectivity index (χ3n) is 25.4. The first kappa shape index (κ1) is 104. The quantitative estimate of drug-likeness (QED) is 0.0628. The van der Waals surface area contributed by atoms with E-state index in [9.17, 15) is 21.0 Å². The summed E-state index contributed by atoms with van der Waals surface area (Å²) in [6.45, 7) is 28.7. The largest absolute Gasteiger partial charge is 0.384 e. The molecule has 141 heavy (non-hydrogen) atoms. The summed E-state index contributed by atoms with van der Waals surface area (Å²) in [7, 11) is 6.19. The molecule has 0 unspecified atom stereocenters. The third-order valence-corrected chi connectivity index (χ3v) is 25.4. The van der Waals surface area contributed by atoms with Crippen LogP contribution in [-0.4, -0.2) is 162 Å². The number of rotatable bonds is 23. The number of piperidine rings is 1. The molecule has 4 saturated heterocycles. The van der Waals surface area contributed by atoms with Crippen LogP contribution in [0.3, 0.4) is 0 Å². The van der Waals surface area contributed by atoms with Gasteiger partial charge in [0.2, 0.25) is 0 Å². The van der Waals surface area contributed by atoms with Gasteiger partial charge in [0.05, 0.1) is 108 Å². The molecule has 18 nitrogen and oxygen atoms in total. The number of morpholine rings is 2. The zero-order valence-corrected chi connectivity index (χ0v) is 82.5. The number of nitrogens with zero attached hydrogens (tertiary/aromatic N) is 15. The second kappa shape index (κ2) is 56.0. The monoisotopic (exact) mass is 1860 g/mol. The lowest BCUT2D eigenvalue weighted by molar-refractivity contribution is 0.0398. The van der Waals surface area contributed by atoms with Crippen molar-refractivity contribution in [2.45, 2.75) is 59.8 Å². The van der Waals surface area contributed by atoms with Crippen LogP contribution < -0.4 is 34.7 Å². The van der Waals surface area contributed by atoms with E-state index in [1.807, 2.05) is 196 Å². The van der Waals surface area contributed by atoms with Gasteiger partial charge >= 0.3 is 0 Å². The molecular weight excluding hydrogens is 1730 g/mol. The smallest absolute Gasteiger partial charge is 0.0998 e. The fourth-order valence-electron chi connectivity index (χ4n) is 17.5. The van der Waals surface area contributed by atoms with Crippen LogP contribution in [0, 0.1) is 79.3 Å². The highest BCUT2D eigenvalue weighted by molar-refractivity contribution is 5.79. The van der Waals surface area contributed by atoms with Crippen LogP contribution in [0.15, 0.2) is 340 Å². The molecule has 0 aromatic heterocycles. The molecular formula is C123H128N16O2. The predicted octanol–water partition coefficient (Wildman–Crippen LogP) is 25.4. The van der Waals surface area contributed by atoms with Gasteiger partial charge in [-0.25, -0.2) is 0 Å². The second-order valence-corrected chi connectivity index (χ2v) is 34.8. The molecule has 0 atom stereocenters. The number of piperazine rings is 1. The van der Waals surface area contributed by atoms with Crippen LogP contribution in [0.25, 0.3) is 77.9 Å². The van der Waals surface area contributed by atoms with Crippen molar-refractivity contribution in [3.05, 3.63) is 379 Å². The molecule has 4 aliphatic rings. The topological polar surface area (TPSA) is 223 Å². The highest BCUT2D eigenvalue weighted by atomic mass is 16.5. The first-order chi connectivity index (χ1) is 69.2. The molecule has 0 amide bonds. The fourth-order valence-corrected chi connectivity index (χ4v) is 17.5. The predicted molar refractivity (Wildman–Crippen MR) is 581 cm³/mol. The van der Waals surface area contributed by atoms with Gasteiger partial charge in [0, 0.05) is 159 Å².